The molecule has 0 amide bonds. The molecule has 10 heteroatoms. The summed E-state index contributed by atoms with van der Waals surface area (Å²) in [6, 6.07) is 38.7. The van der Waals surface area contributed by atoms with Crippen LogP contribution in [0, 0.1) is 67.3 Å². The number of nitrogens with zero attached hydrogens (tertiary/aromatic N) is 2. The number of hydrogen-bond acceptors (Lipinski definition) is 4. The fourth-order valence-electron chi connectivity index (χ4n) is 16.4. The van der Waals surface area contributed by atoms with Gasteiger partial charge in [-0.1, -0.05) is 127 Å². The van der Waals surface area contributed by atoms with Crippen molar-refractivity contribution in [3.05, 3.63) is 130 Å². The second-order valence-corrected chi connectivity index (χ2v) is 26.7. The number of rotatable bonds is 6. The Kier molecular flexibility index (Phi) is 18.3. The van der Waals surface area contributed by atoms with Crippen molar-refractivity contribution in [1.82, 2.24) is 9.97 Å². The summed E-state index contributed by atoms with van der Waals surface area (Å²) in [6.07, 6.45) is 25.0. The summed E-state index contributed by atoms with van der Waals surface area (Å²) in [4.78, 5) is 10.5. The van der Waals surface area contributed by atoms with E-state index in [4.69, 9.17) is 22.9 Å². The van der Waals surface area contributed by atoms with Crippen LogP contribution in [0.2, 0.25) is 0 Å². The zero-order valence-corrected chi connectivity index (χ0v) is 49.6. The van der Waals surface area contributed by atoms with Crippen molar-refractivity contribution in [2.75, 3.05) is 0 Å². The van der Waals surface area contributed by atoms with E-state index in [9.17, 15) is 13.2 Å². The number of benzene rings is 4. The normalized spacial score (nSPS) is 27.9. The third-order valence-electron chi connectivity index (χ3n) is 19.2. The van der Waals surface area contributed by atoms with Gasteiger partial charge in [0.05, 0.1) is 16.7 Å². The Bertz CT molecular complexity index is 2920. The van der Waals surface area contributed by atoms with Gasteiger partial charge in [-0.25, -0.2) is 4.98 Å². The number of aromatic nitrogens is 2. The van der Waals surface area contributed by atoms with E-state index >= 15 is 0 Å². The zero-order chi connectivity index (χ0) is 53.5. The minimum Gasteiger partial charge on any atom is -0.296 e. The van der Waals surface area contributed by atoms with Gasteiger partial charge in [0.15, 0.2) is 0 Å². The second kappa shape index (κ2) is 24.4. The van der Waals surface area contributed by atoms with E-state index in [1.54, 1.807) is 11.1 Å². The van der Waals surface area contributed by atoms with E-state index in [-0.39, 0.29) is 20.1 Å². The van der Waals surface area contributed by atoms with E-state index in [1.807, 2.05) is 0 Å². The first-order chi connectivity index (χ1) is 36.3. The Labute approximate surface area is 471 Å². The molecule has 1 radical (unpaired) electrons. The fourth-order valence-corrected chi connectivity index (χ4v) is 16.4. The molecule has 12 rings (SSSR count). The third-order valence-corrected chi connectivity index (χ3v) is 19.8. The van der Waals surface area contributed by atoms with Gasteiger partial charge in [-0.05, 0) is 208 Å². The van der Waals surface area contributed by atoms with Gasteiger partial charge < -0.3 is 0 Å². The maximum absolute atomic E-state index is 10.7. The molecule has 2 heterocycles. The van der Waals surface area contributed by atoms with Gasteiger partial charge in [-0.15, -0.1) is 34.9 Å². The molecule has 4 bridgehead atoms. The monoisotopic (exact) mass is 1240 g/mol. The smallest absolute Gasteiger partial charge is 0.296 e. The van der Waals surface area contributed by atoms with Crippen LogP contribution >= 0.6 is 0 Å². The molecule has 6 aromatic rings. The van der Waals surface area contributed by atoms with E-state index in [0.717, 1.165) is 70.2 Å². The Morgan fingerprint density at radius 3 is 1.52 bits per heavy atom. The van der Waals surface area contributed by atoms with Gasteiger partial charge in [0.25, 0.3) is 0 Å². The molecule has 6 saturated carbocycles. The predicted molar refractivity (Wildman–Crippen MR) is 305 cm³/mol. The molecule has 6 fully saturated rings. The first-order valence-corrected chi connectivity index (χ1v) is 30.8. The molecule has 77 heavy (non-hydrogen) atoms. The van der Waals surface area contributed by atoms with Gasteiger partial charge >= 0.3 is 15.6 Å². The minimum atomic E-state index is -5.84. The third kappa shape index (κ3) is 13.3. The number of aryl methyl sites for hydroxylation is 2. The fraction of sp³-hybridized carbons (Fsp3) is 0.552. The Hall–Kier alpha value is -3.95. The van der Waals surface area contributed by atoms with Crippen molar-refractivity contribution >= 4 is 31.9 Å². The molecule has 0 saturated heterocycles. The molecular formula is C67H82F3IrN2O3S-. The first-order valence-electron chi connectivity index (χ1n) is 29.3. The standard InChI is InChI=1S/C33H41N.C33H40N.CHF3O3S.Ir/c2*1-21-14-24-18-23(3)33(28(17-21)19-24)30-10-7-11-32-29(30)12-13-31(34-32)27-16-22(2)15-26(20-27)25-8-5-4-6-9-25;2-1(3,4)8(5,6)7;/h7,10-13,15-16,20-21,23-25,28,33H,4-6,8-9,14,17-19H2,1-3H3;7,10-13,15,20-21,23-25,28,33H,4-6,8-9,14,17-19H2,1-3H3;(H,5,6,7);/q;-1;;. The van der Waals surface area contributed by atoms with Crippen molar-refractivity contribution in [1.29, 1.82) is 0 Å². The first kappa shape index (κ1) is 57.7. The molecule has 6 aliphatic rings. The number of hydrogen-bond donors (Lipinski definition) is 1. The van der Waals surface area contributed by atoms with Crippen LogP contribution in [0.3, 0.4) is 0 Å². The molecule has 0 aliphatic heterocycles. The summed E-state index contributed by atoms with van der Waals surface area (Å²) in [5, 5.41) is 2.76. The Balaban J connectivity index is 0.000000163. The van der Waals surface area contributed by atoms with Crippen molar-refractivity contribution in [3.63, 3.8) is 0 Å². The van der Waals surface area contributed by atoms with Crippen molar-refractivity contribution in [3.8, 4) is 22.5 Å². The van der Waals surface area contributed by atoms with Crippen molar-refractivity contribution in [2.24, 2.45) is 47.3 Å². The van der Waals surface area contributed by atoms with Crippen LogP contribution < -0.4 is 0 Å². The number of fused-ring (bicyclic) bond motifs is 6. The summed E-state index contributed by atoms with van der Waals surface area (Å²) in [6.45, 7) is 14.4. The number of halogens is 3. The summed E-state index contributed by atoms with van der Waals surface area (Å²) in [5.41, 5.74) is 10.2. The maximum atomic E-state index is 10.7. The van der Waals surface area contributed by atoms with E-state index in [0.29, 0.717) is 17.8 Å². The average molecular weight is 1240 g/mol. The van der Waals surface area contributed by atoms with Crippen LogP contribution in [0.15, 0.2) is 91.0 Å². The van der Waals surface area contributed by atoms with Crippen LogP contribution in [0.1, 0.15) is 200 Å². The molecule has 0 spiro atoms. The van der Waals surface area contributed by atoms with Crippen LogP contribution in [0.4, 0.5) is 13.2 Å². The van der Waals surface area contributed by atoms with Gasteiger partial charge in [-0.3, -0.25) is 9.54 Å². The molecule has 2 aromatic heterocycles. The quantitative estimate of drug-likeness (QED) is 0.102. The summed E-state index contributed by atoms with van der Waals surface area (Å²) >= 11 is 0. The van der Waals surface area contributed by atoms with E-state index in [2.05, 4.69) is 139 Å². The van der Waals surface area contributed by atoms with Crippen molar-refractivity contribution in [2.45, 2.75) is 186 Å². The molecular weight excluding hydrogens is 1160 g/mol. The molecule has 1 N–H and O–H groups in total. The topological polar surface area (TPSA) is 80.2 Å². The number of alkyl halides is 3. The van der Waals surface area contributed by atoms with Gasteiger partial charge in [-0.2, -0.15) is 21.6 Å². The van der Waals surface area contributed by atoms with E-state index < -0.39 is 15.6 Å². The van der Waals surface area contributed by atoms with Crippen LogP contribution in [0.5, 0.6) is 0 Å². The van der Waals surface area contributed by atoms with Gasteiger partial charge in [0, 0.05) is 36.4 Å². The SMILES string of the molecule is Cc1[c-]c(-c2ccc3c(C4C(C)CC5CC(C)CC4C5)cccc3n2)cc(C2CCCCC2)c1.Cc1cc(-c2ccc3c(C4C(C)CC5CC(C)CC4C5)cccc3n2)cc(C2CCCCC2)c1.O=S(=O)(O)C(F)(F)F.[Ir]. The minimum absolute atomic E-state index is 0. The predicted octanol–water partition coefficient (Wildman–Crippen LogP) is 19.1. The zero-order valence-electron chi connectivity index (χ0n) is 46.3. The van der Waals surface area contributed by atoms with Crippen LogP contribution in [-0.2, 0) is 30.2 Å². The summed E-state index contributed by atoms with van der Waals surface area (Å²) in [7, 11) is -5.84. The molecule has 6 aliphatic carbocycles. The molecule has 415 valence electrons. The van der Waals surface area contributed by atoms with Gasteiger partial charge in [0.2, 0.25) is 0 Å². The molecule has 4 aromatic carbocycles. The van der Waals surface area contributed by atoms with Crippen LogP contribution in [-0.4, -0.2) is 28.4 Å². The Morgan fingerprint density at radius 2 is 1.03 bits per heavy atom. The van der Waals surface area contributed by atoms with E-state index in [1.165, 1.54) is 165 Å². The average Bonchev–Trinajstić information content (AvgIpc) is 3.40. The summed E-state index contributed by atoms with van der Waals surface area (Å²) < 4.78 is 57.5. The maximum Gasteiger partial charge on any atom is 0.522 e. The van der Waals surface area contributed by atoms with Crippen LogP contribution in [0.25, 0.3) is 44.3 Å². The number of pyridine rings is 2. The second-order valence-electron chi connectivity index (χ2n) is 25.3. The van der Waals surface area contributed by atoms with Gasteiger partial charge in [0.1, 0.15) is 0 Å². The molecule has 5 nitrogen and oxygen atoms in total. The van der Waals surface area contributed by atoms with Crippen molar-refractivity contribution < 1.29 is 46.2 Å². The summed E-state index contributed by atoms with van der Waals surface area (Å²) in [5.74, 6) is 9.72. The Morgan fingerprint density at radius 1 is 0.558 bits per heavy atom. The largest absolute Gasteiger partial charge is 0.522 e. The molecule has 10 unspecified atom stereocenters. The molecule has 10 atom stereocenters.